The molecule has 1 saturated heterocycles. The van der Waals surface area contributed by atoms with Crippen LogP contribution in [0.5, 0.6) is 0 Å². The van der Waals surface area contributed by atoms with Crippen LogP contribution >= 0.6 is 0 Å². The lowest BCUT2D eigenvalue weighted by Gasteiger charge is -2.37. The SMILES string of the molecule is COCC1(CNC(=O)Cc2ccccc2C(F)(F)F)CCNCC1. The summed E-state index contributed by atoms with van der Waals surface area (Å²) in [7, 11) is 1.62. The third kappa shape index (κ3) is 4.95. The minimum atomic E-state index is -4.46. The van der Waals surface area contributed by atoms with E-state index < -0.39 is 17.6 Å². The first-order valence-electron chi connectivity index (χ1n) is 7.98. The molecular formula is C17H23F3N2O2. The molecule has 2 N–H and O–H groups in total. The zero-order valence-electron chi connectivity index (χ0n) is 13.7. The van der Waals surface area contributed by atoms with Crippen LogP contribution in [0.3, 0.4) is 0 Å². The van der Waals surface area contributed by atoms with Gasteiger partial charge < -0.3 is 15.4 Å². The summed E-state index contributed by atoms with van der Waals surface area (Å²) in [5.41, 5.74) is -0.915. The van der Waals surface area contributed by atoms with Gasteiger partial charge in [0.05, 0.1) is 18.6 Å². The molecule has 0 saturated carbocycles. The average molecular weight is 344 g/mol. The Morgan fingerprint density at radius 1 is 1.29 bits per heavy atom. The molecule has 4 nitrogen and oxygen atoms in total. The fourth-order valence-electron chi connectivity index (χ4n) is 3.11. The number of halogens is 3. The second-order valence-electron chi connectivity index (χ2n) is 6.29. The highest BCUT2D eigenvalue weighted by atomic mass is 19.4. The number of carbonyl (C=O) groups excluding carboxylic acids is 1. The van der Waals surface area contributed by atoms with Crippen LogP contribution in [0.4, 0.5) is 13.2 Å². The summed E-state index contributed by atoms with van der Waals surface area (Å²) >= 11 is 0. The van der Waals surface area contributed by atoms with Crippen molar-refractivity contribution in [3.05, 3.63) is 35.4 Å². The monoisotopic (exact) mass is 344 g/mol. The van der Waals surface area contributed by atoms with Crippen molar-refractivity contribution in [2.45, 2.75) is 25.4 Å². The van der Waals surface area contributed by atoms with Gasteiger partial charge in [-0.25, -0.2) is 0 Å². The molecule has 7 heteroatoms. The van der Waals surface area contributed by atoms with Crippen molar-refractivity contribution in [3.8, 4) is 0 Å². The minimum absolute atomic E-state index is 0.00592. The number of benzene rings is 1. The van der Waals surface area contributed by atoms with Crippen molar-refractivity contribution < 1.29 is 22.7 Å². The summed E-state index contributed by atoms with van der Waals surface area (Å²) < 4.78 is 44.2. The van der Waals surface area contributed by atoms with E-state index in [2.05, 4.69) is 10.6 Å². The average Bonchev–Trinajstić information content (AvgIpc) is 2.54. The van der Waals surface area contributed by atoms with Crippen molar-refractivity contribution in [3.63, 3.8) is 0 Å². The third-order valence-electron chi connectivity index (χ3n) is 4.45. The van der Waals surface area contributed by atoms with Gasteiger partial charge in [0.1, 0.15) is 0 Å². The van der Waals surface area contributed by atoms with Crippen LogP contribution in [-0.4, -0.2) is 39.3 Å². The smallest absolute Gasteiger partial charge is 0.384 e. The van der Waals surface area contributed by atoms with Crippen molar-refractivity contribution >= 4 is 5.91 Å². The first kappa shape index (κ1) is 18.7. The molecule has 0 bridgehead atoms. The summed E-state index contributed by atoms with van der Waals surface area (Å²) in [5.74, 6) is -0.402. The lowest BCUT2D eigenvalue weighted by Crippen LogP contribution is -2.47. The second kappa shape index (κ2) is 7.98. The number of rotatable bonds is 6. The van der Waals surface area contributed by atoms with Crippen molar-refractivity contribution in [2.75, 3.05) is 33.4 Å². The minimum Gasteiger partial charge on any atom is -0.384 e. The fraction of sp³-hybridized carbons (Fsp3) is 0.588. The number of hydrogen-bond donors (Lipinski definition) is 2. The fourth-order valence-corrected chi connectivity index (χ4v) is 3.11. The van der Waals surface area contributed by atoms with Crippen LogP contribution < -0.4 is 10.6 Å². The number of ether oxygens (including phenoxy) is 1. The second-order valence-corrected chi connectivity index (χ2v) is 6.29. The van der Waals surface area contributed by atoms with Gasteiger partial charge in [0.2, 0.25) is 5.91 Å². The Kier molecular flexibility index (Phi) is 6.23. The Morgan fingerprint density at radius 2 is 1.96 bits per heavy atom. The zero-order valence-corrected chi connectivity index (χ0v) is 13.7. The molecule has 2 rings (SSSR count). The van der Waals surface area contributed by atoms with Gasteiger partial charge in [-0.05, 0) is 37.6 Å². The molecule has 1 fully saturated rings. The topological polar surface area (TPSA) is 50.4 Å². The molecule has 0 atom stereocenters. The molecule has 0 aliphatic carbocycles. The van der Waals surface area contributed by atoms with Crippen molar-refractivity contribution in [1.29, 1.82) is 0 Å². The molecule has 1 aromatic rings. The van der Waals surface area contributed by atoms with E-state index in [-0.39, 0.29) is 17.4 Å². The number of alkyl halides is 3. The van der Waals surface area contributed by atoms with E-state index in [4.69, 9.17) is 4.74 Å². The van der Waals surface area contributed by atoms with Crippen LogP contribution in [0, 0.1) is 5.41 Å². The van der Waals surface area contributed by atoms with Gasteiger partial charge in [0.15, 0.2) is 0 Å². The predicted molar refractivity (Wildman–Crippen MR) is 84.6 cm³/mol. The maximum atomic E-state index is 13.0. The van der Waals surface area contributed by atoms with E-state index in [1.807, 2.05) is 0 Å². The summed E-state index contributed by atoms with van der Waals surface area (Å²) in [5, 5.41) is 6.05. The molecule has 0 radical (unpaired) electrons. The summed E-state index contributed by atoms with van der Waals surface area (Å²) in [4.78, 5) is 12.1. The van der Waals surface area contributed by atoms with Crippen molar-refractivity contribution in [2.24, 2.45) is 5.41 Å². The number of hydrogen-bond acceptors (Lipinski definition) is 3. The summed E-state index contributed by atoms with van der Waals surface area (Å²) in [6.07, 6.45) is -3.01. The van der Waals surface area contributed by atoms with Crippen LogP contribution in [0.25, 0.3) is 0 Å². The number of amides is 1. The Morgan fingerprint density at radius 3 is 2.58 bits per heavy atom. The Hall–Kier alpha value is -1.60. The van der Waals surface area contributed by atoms with Gasteiger partial charge in [-0.3, -0.25) is 4.79 Å². The van der Waals surface area contributed by atoms with Crippen molar-refractivity contribution in [1.82, 2.24) is 10.6 Å². The maximum Gasteiger partial charge on any atom is 0.416 e. The van der Waals surface area contributed by atoms with E-state index in [1.54, 1.807) is 7.11 Å². The molecule has 1 aliphatic rings. The molecule has 1 aliphatic heterocycles. The standard InChI is InChI=1S/C17H23F3N2O2/c1-24-12-16(6-8-21-9-7-16)11-22-15(23)10-13-4-2-3-5-14(13)17(18,19)20/h2-5,21H,6-12H2,1H3,(H,22,23). The number of piperidine rings is 1. The molecule has 1 aromatic carbocycles. The normalized spacial score (nSPS) is 17.5. The van der Waals surface area contributed by atoms with Gasteiger partial charge in [-0.2, -0.15) is 13.2 Å². The van der Waals surface area contributed by atoms with E-state index in [1.165, 1.54) is 18.2 Å². The highest BCUT2D eigenvalue weighted by Crippen LogP contribution is 2.32. The van der Waals surface area contributed by atoms with Gasteiger partial charge >= 0.3 is 6.18 Å². The van der Waals surface area contributed by atoms with E-state index in [0.717, 1.165) is 32.0 Å². The van der Waals surface area contributed by atoms with E-state index in [0.29, 0.717) is 13.2 Å². The summed E-state index contributed by atoms with van der Waals surface area (Å²) in [6.45, 7) is 2.62. The predicted octanol–water partition coefficient (Wildman–Crippen LogP) is 2.38. The van der Waals surface area contributed by atoms with Crippen LogP contribution in [0.15, 0.2) is 24.3 Å². The van der Waals surface area contributed by atoms with Crippen LogP contribution in [0.1, 0.15) is 24.0 Å². The van der Waals surface area contributed by atoms with Gasteiger partial charge in [-0.15, -0.1) is 0 Å². The van der Waals surface area contributed by atoms with Crippen LogP contribution in [0.2, 0.25) is 0 Å². The first-order valence-corrected chi connectivity index (χ1v) is 7.98. The largest absolute Gasteiger partial charge is 0.416 e. The maximum absolute atomic E-state index is 13.0. The molecule has 0 unspecified atom stereocenters. The molecule has 0 aromatic heterocycles. The lowest BCUT2D eigenvalue weighted by atomic mass is 9.79. The Labute approximate surface area is 139 Å². The van der Waals surface area contributed by atoms with Crippen LogP contribution in [-0.2, 0) is 22.1 Å². The molecule has 1 amide bonds. The van der Waals surface area contributed by atoms with Gasteiger partial charge in [-0.1, -0.05) is 18.2 Å². The molecular weight excluding hydrogens is 321 g/mol. The Bertz CT molecular complexity index is 550. The first-order chi connectivity index (χ1) is 11.4. The number of carbonyl (C=O) groups is 1. The highest BCUT2D eigenvalue weighted by molar-refractivity contribution is 5.79. The number of methoxy groups -OCH3 is 1. The number of nitrogens with one attached hydrogen (secondary N) is 2. The van der Waals surface area contributed by atoms with E-state index in [9.17, 15) is 18.0 Å². The zero-order chi connectivity index (χ0) is 17.6. The third-order valence-corrected chi connectivity index (χ3v) is 4.45. The Balaban J connectivity index is 1.98. The van der Waals surface area contributed by atoms with E-state index >= 15 is 0 Å². The molecule has 24 heavy (non-hydrogen) atoms. The summed E-state index contributed by atoms with van der Waals surface area (Å²) in [6, 6.07) is 5.18. The van der Waals surface area contributed by atoms with Gasteiger partial charge in [0.25, 0.3) is 0 Å². The highest BCUT2D eigenvalue weighted by Gasteiger charge is 2.34. The molecule has 1 heterocycles. The molecule has 0 spiro atoms. The lowest BCUT2D eigenvalue weighted by molar-refractivity contribution is -0.138. The molecule has 134 valence electrons. The quantitative estimate of drug-likeness (QED) is 0.833. The van der Waals surface area contributed by atoms with Gasteiger partial charge in [0, 0.05) is 19.1 Å².